The summed E-state index contributed by atoms with van der Waals surface area (Å²) >= 11 is 13.8. The van der Waals surface area contributed by atoms with Gasteiger partial charge in [-0.25, -0.2) is 4.68 Å². The molecule has 0 saturated heterocycles. The molecule has 1 unspecified atom stereocenters. The Bertz CT molecular complexity index is 1360. The second kappa shape index (κ2) is 11.4. The van der Waals surface area contributed by atoms with Crippen LogP contribution >= 0.6 is 35.0 Å². The molecule has 0 saturated carbocycles. The highest BCUT2D eigenvalue weighted by atomic mass is 35.5. The predicted molar refractivity (Wildman–Crippen MR) is 147 cm³/mol. The van der Waals surface area contributed by atoms with E-state index >= 15 is 0 Å². The second-order valence-electron chi connectivity index (χ2n) is 8.88. The van der Waals surface area contributed by atoms with E-state index < -0.39 is 0 Å². The number of benzene rings is 2. The van der Waals surface area contributed by atoms with Crippen LogP contribution in [0, 0.1) is 0 Å². The summed E-state index contributed by atoms with van der Waals surface area (Å²) in [6.45, 7) is 4.84. The van der Waals surface area contributed by atoms with Gasteiger partial charge in [0, 0.05) is 23.4 Å². The number of nitrogens with one attached hydrogen (secondary N) is 1. The van der Waals surface area contributed by atoms with Gasteiger partial charge in [-0.15, -0.1) is 5.10 Å². The van der Waals surface area contributed by atoms with Crippen LogP contribution in [0.25, 0.3) is 0 Å². The lowest BCUT2D eigenvalue weighted by molar-refractivity contribution is -0.116. The molecule has 2 aromatic carbocycles. The second-order valence-corrected chi connectivity index (χ2v) is 10.8. The largest absolute Gasteiger partial charge is 0.490 e. The monoisotopic (exact) mass is 558 g/mol. The van der Waals surface area contributed by atoms with Crippen LogP contribution in [-0.2, 0) is 11.4 Å². The number of nitrogens with zero attached hydrogens (tertiary/aromatic N) is 3. The third-order valence-electron chi connectivity index (χ3n) is 6.25. The number of fused-ring (bicyclic) bond motifs is 1. The molecule has 0 spiro atoms. The van der Waals surface area contributed by atoms with E-state index in [2.05, 4.69) is 12.2 Å². The third-order valence-corrected chi connectivity index (χ3v) is 8.03. The molecule has 2 aliphatic rings. The summed E-state index contributed by atoms with van der Waals surface area (Å²) in [4.78, 5) is 17.9. The number of thioether (sulfide) groups is 1. The van der Waals surface area contributed by atoms with Gasteiger partial charge in [0.15, 0.2) is 17.3 Å². The Balaban J connectivity index is 1.50. The zero-order valence-corrected chi connectivity index (χ0v) is 23.1. The van der Waals surface area contributed by atoms with Crippen molar-refractivity contribution in [3.8, 4) is 11.5 Å². The van der Waals surface area contributed by atoms with Gasteiger partial charge >= 0.3 is 0 Å². The predicted octanol–water partition coefficient (Wildman–Crippen LogP) is 7.09. The Hall–Kier alpha value is -2.68. The number of ether oxygens (including phenoxy) is 2. The van der Waals surface area contributed by atoms with Crippen molar-refractivity contribution in [1.29, 1.82) is 0 Å². The highest BCUT2D eigenvalue weighted by molar-refractivity contribution is 7.99. The summed E-state index contributed by atoms with van der Waals surface area (Å²) in [5.41, 5.74) is 3.48. The van der Waals surface area contributed by atoms with Crippen molar-refractivity contribution in [3.63, 3.8) is 0 Å². The van der Waals surface area contributed by atoms with Gasteiger partial charge in [0.05, 0.1) is 16.7 Å². The molecule has 1 aliphatic heterocycles. The number of carbonyl (C=O) groups excluding carboxylic acids is 1. The van der Waals surface area contributed by atoms with E-state index in [1.807, 2.05) is 35.9 Å². The normalized spacial score (nSPS) is 16.8. The first kappa shape index (κ1) is 25.9. The first-order chi connectivity index (χ1) is 18.0. The maximum Gasteiger partial charge on any atom is 0.227 e. The number of Topliss-reactive ketones (excluding diaryl/α,β-unsaturated/α-hetero) is 1. The molecule has 2 heterocycles. The number of hydrogen-bond acceptors (Lipinski definition) is 7. The molecule has 5 rings (SSSR count). The van der Waals surface area contributed by atoms with E-state index in [-0.39, 0.29) is 11.8 Å². The van der Waals surface area contributed by atoms with Gasteiger partial charge in [0.25, 0.3) is 0 Å². The molecular weight excluding hydrogens is 531 g/mol. The van der Waals surface area contributed by atoms with E-state index in [0.29, 0.717) is 52.3 Å². The summed E-state index contributed by atoms with van der Waals surface area (Å²) < 4.78 is 13.9. The Morgan fingerprint density at radius 3 is 2.73 bits per heavy atom. The average Bonchev–Trinajstić information content (AvgIpc) is 3.30. The quantitative estimate of drug-likeness (QED) is 0.281. The van der Waals surface area contributed by atoms with Crippen LogP contribution in [0.1, 0.15) is 56.7 Å². The molecule has 1 aromatic heterocycles. The molecule has 1 N–H and O–H groups in total. The van der Waals surface area contributed by atoms with E-state index in [1.54, 1.807) is 23.9 Å². The van der Waals surface area contributed by atoms with Gasteiger partial charge in [-0.05, 0) is 61.6 Å². The lowest BCUT2D eigenvalue weighted by Crippen LogP contribution is -2.31. The Labute approximate surface area is 230 Å². The van der Waals surface area contributed by atoms with E-state index in [4.69, 9.17) is 42.8 Å². The maximum atomic E-state index is 13.1. The van der Waals surface area contributed by atoms with E-state index in [1.165, 1.54) is 0 Å². The van der Waals surface area contributed by atoms with Crippen molar-refractivity contribution in [2.75, 3.05) is 17.7 Å². The molecule has 3 aromatic rings. The molecule has 7 nitrogen and oxygen atoms in total. The molecule has 0 bridgehead atoms. The number of aromatic nitrogens is 3. The van der Waals surface area contributed by atoms with Crippen molar-refractivity contribution < 1.29 is 14.3 Å². The number of anilines is 1. The van der Waals surface area contributed by atoms with Crippen molar-refractivity contribution in [3.05, 3.63) is 68.8 Å². The van der Waals surface area contributed by atoms with Crippen LogP contribution in [0.4, 0.5) is 5.95 Å². The SMILES string of the molecule is CCCSc1nc2n(n1)C(c1ccc(OCc3ccc(Cl)c(Cl)c3)c(OCC)c1)C1=C(CCCC1=O)N2. The highest BCUT2D eigenvalue weighted by Gasteiger charge is 2.37. The van der Waals surface area contributed by atoms with Crippen LogP contribution in [0.3, 0.4) is 0 Å². The van der Waals surface area contributed by atoms with Crippen molar-refractivity contribution in [2.24, 2.45) is 0 Å². The fraction of sp³-hybridized carbons (Fsp3) is 0.370. The molecule has 1 aliphatic carbocycles. The smallest absolute Gasteiger partial charge is 0.227 e. The maximum absolute atomic E-state index is 13.1. The number of rotatable bonds is 9. The summed E-state index contributed by atoms with van der Waals surface area (Å²) in [7, 11) is 0. The molecule has 37 heavy (non-hydrogen) atoms. The Morgan fingerprint density at radius 1 is 1.08 bits per heavy atom. The summed E-state index contributed by atoms with van der Waals surface area (Å²) in [5, 5.41) is 9.85. The lowest BCUT2D eigenvalue weighted by atomic mass is 9.85. The molecule has 0 amide bonds. The molecule has 0 fully saturated rings. The molecule has 194 valence electrons. The fourth-order valence-corrected chi connectivity index (χ4v) is 5.58. The summed E-state index contributed by atoms with van der Waals surface area (Å²) in [6.07, 6.45) is 3.20. The number of ketones is 1. The first-order valence-electron chi connectivity index (χ1n) is 12.4. The average molecular weight is 560 g/mol. The minimum Gasteiger partial charge on any atom is -0.490 e. The summed E-state index contributed by atoms with van der Waals surface area (Å²) in [6, 6.07) is 10.8. The third kappa shape index (κ3) is 5.47. The standard InChI is InChI=1S/C27H28Cl2N4O3S/c1-3-12-37-27-31-26-30-20-6-5-7-21(34)24(20)25(33(26)32-27)17-9-11-22(23(14-17)35-4-2)36-15-16-8-10-18(28)19(29)13-16/h8-11,13-14,25H,3-7,12,15H2,1-2H3,(H,30,31,32). The fourth-order valence-electron chi connectivity index (χ4n) is 4.57. The van der Waals surface area contributed by atoms with Gasteiger partial charge in [-0.3, -0.25) is 4.79 Å². The Morgan fingerprint density at radius 2 is 1.95 bits per heavy atom. The topological polar surface area (TPSA) is 78.3 Å². The zero-order chi connectivity index (χ0) is 25.9. The van der Waals surface area contributed by atoms with E-state index in [9.17, 15) is 4.79 Å². The zero-order valence-electron chi connectivity index (χ0n) is 20.7. The highest BCUT2D eigenvalue weighted by Crippen LogP contribution is 2.42. The minimum absolute atomic E-state index is 0.139. The van der Waals surface area contributed by atoms with Gasteiger partial charge in [0.1, 0.15) is 12.6 Å². The molecule has 1 atom stereocenters. The number of carbonyl (C=O) groups is 1. The van der Waals surface area contributed by atoms with Crippen LogP contribution in [0.2, 0.25) is 10.0 Å². The van der Waals surface area contributed by atoms with Crippen LogP contribution in [0.15, 0.2) is 52.8 Å². The molecule has 10 heteroatoms. The van der Waals surface area contributed by atoms with E-state index in [0.717, 1.165) is 47.4 Å². The van der Waals surface area contributed by atoms with Gasteiger partial charge in [-0.1, -0.05) is 54.0 Å². The number of hydrogen-bond donors (Lipinski definition) is 1. The van der Waals surface area contributed by atoms with Crippen molar-refractivity contribution >= 4 is 46.7 Å². The summed E-state index contributed by atoms with van der Waals surface area (Å²) in [5.74, 6) is 2.94. The van der Waals surface area contributed by atoms with Gasteiger partial charge in [0.2, 0.25) is 11.1 Å². The Kier molecular flexibility index (Phi) is 7.98. The molecular formula is C27H28Cl2N4O3S. The van der Waals surface area contributed by atoms with Crippen LogP contribution in [0.5, 0.6) is 11.5 Å². The number of allylic oxidation sites excluding steroid dienone is 2. The molecule has 0 radical (unpaired) electrons. The van der Waals surface area contributed by atoms with Gasteiger partial charge in [-0.2, -0.15) is 4.98 Å². The van der Waals surface area contributed by atoms with Gasteiger partial charge < -0.3 is 14.8 Å². The number of halogens is 2. The lowest BCUT2D eigenvalue weighted by Gasteiger charge is -2.32. The van der Waals surface area contributed by atoms with Crippen molar-refractivity contribution in [2.45, 2.75) is 57.3 Å². The van der Waals surface area contributed by atoms with Crippen LogP contribution < -0.4 is 14.8 Å². The minimum atomic E-state index is -0.383. The van der Waals surface area contributed by atoms with Crippen LogP contribution in [-0.4, -0.2) is 32.9 Å². The van der Waals surface area contributed by atoms with Crippen molar-refractivity contribution in [1.82, 2.24) is 14.8 Å². The first-order valence-corrected chi connectivity index (χ1v) is 14.2.